The maximum atomic E-state index is 6.12. The van der Waals surface area contributed by atoms with Gasteiger partial charge in [-0.3, -0.25) is 9.80 Å². The van der Waals surface area contributed by atoms with Gasteiger partial charge in [0.25, 0.3) is 0 Å². The summed E-state index contributed by atoms with van der Waals surface area (Å²) in [5.41, 5.74) is 2.91. The lowest BCUT2D eigenvalue weighted by Gasteiger charge is -2.36. The van der Waals surface area contributed by atoms with Gasteiger partial charge >= 0.3 is 0 Å². The fourth-order valence-electron chi connectivity index (χ4n) is 4.34. The van der Waals surface area contributed by atoms with Crippen LogP contribution in [0.2, 0.25) is 5.02 Å². The lowest BCUT2D eigenvalue weighted by atomic mass is 10.1. The molecule has 0 spiro atoms. The molecule has 9 heteroatoms. The van der Waals surface area contributed by atoms with Crippen molar-refractivity contribution < 1.29 is 4.74 Å². The molecule has 2 fully saturated rings. The summed E-state index contributed by atoms with van der Waals surface area (Å²) in [5, 5.41) is 14.3. The van der Waals surface area contributed by atoms with E-state index in [1.54, 1.807) is 0 Å². The molecule has 2 aromatic heterocycles. The molecule has 0 saturated carbocycles. The Kier molecular flexibility index (Phi) is 6.87. The highest BCUT2D eigenvalue weighted by atomic mass is 35.5. The van der Waals surface area contributed by atoms with Crippen molar-refractivity contribution in [1.82, 2.24) is 29.8 Å². The number of morpholine rings is 1. The first-order valence-electron chi connectivity index (χ1n) is 11.6. The maximum absolute atomic E-state index is 6.12. The molecule has 0 bridgehead atoms. The Labute approximate surface area is 199 Å². The lowest BCUT2D eigenvalue weighted by Crippen LogP contribution is -2.49. The summed E-state index contributed by atoms with van der Waals surface area (Å²) < 4.78 is 7.34. The normalized spacial score (nSPS) is 18.1. The van der Waals surface area contributed by atoms with Crippen molar-refractivity contribution in [3.05, 3.63) is 53.2 Å². The van der Waals surface area contributed by atoms with Crippen LogP contribution in [0.5, 0.6) is 0 Å². The zero-order valence-corrected chi connectivity index (χ0v) is 19.8. The minimum atomic E-state index is 0.709. The zero-order chi connectivity index (χ0) is 22.6. The number of piperazine rings is 1. The van der Waals surface area contributed by atoms with E-state index in [1.807, 2.05) is 48.0 Å². The molecule has 0 aliphatic carbocycles. The summed E-state index contributed by atoms with van der Waals surface area (Å²) in [6.45, 7) is 12.0. The van der Waals surface area contributed by atoms with E-state index >= 15 is 0 Å². The number of hydrogen-bond acceptors (Lipinski definition) is 7. The number of halogens is 1. The number of aromatic nitrogens is 4. The van der Waals surface area contributed by atoms with E-state index in [9.17, 15) is 0 Å². The molecule has 0 N–H and O–H groups in total. The summed E-state index contributed by atoms with van der Waals surface area (Å²) in [5.74, 6) is 1.68. The summed E-state index contributed by atoms with van der Waals surface area (Å²) in [6.07, 6.45) is 0. The van der Waals surface area contributed by atoms with Gasteiger partial charge in [-0.25, -0.2) is 4.68 Å². The molecule has 1 aromatic carbocycles. The van der Waals surface area contributed by atoms with E-state index in [0.29, 0.717) is 10.8 Å². The molecule has 0 amide bonds. The van der Waals surface area contributed by atoms with Crippen molar-refractivity contribution >= 4 is 17.4 Å². The smallest absolute Gasteiger partial charge is 0.176 e. The van der Waals surface area contributed by atoms with Crippen LogP contribution < -0.4 is 4.90 Å². The monoisotopic (exact) mass is 467 g/mol. The fraction of sp³-hybridized carbons (Fsp3) is 0.458. The van der Waals surface area contributed by atoms with Crippen molar-refractivity contribution in [1.29, 1.82) is 0 Å². The van der Waals surface area contributed by atoms with Crippen LogP contribution in [-0.4, -0.2) is 95.3 Å². The third-order valence-corrected chi connectivity index (χ3v) is 6.62. The lowest BCUT2D eigenvalue weighted by molar-refractivity contribution is 0.0331. The van der Waals surface area contributed by atoms with Crippen LogP contribution in [0, 0.1) is 6.92 Å². The van der Waals surface area contributed by atoms with E-state index in [1.165, 1.54) is 0 Å². The van der Waals surface area contributed by atoms with Gasteiger partial charge in [0.2, 0.25) is 0 Å². The predicted molar refractivity (Wildman–Crippen MR) is 130 cm³/mol. The van der Waals surface area contributed by atoms with Crippen molar-refractivity contribution in [2.24, 2.45) is 0 Å². The molecule has 5 rings (SSSR count). The number of nitrogens with zero attached hydrogens (tertiary/aromatic N) is 7. The predicted octanol–water partition coefficient (Wildman–Crippen LogP) is 2.75. The number of benzene rings is 1. The molecule has 8 nitrogen and oxygen atoms in total. The molecular weight excluding hydrogens is 438 g/mol. The van der Waals surface area contributed by atoms with Gasteiger partial charge in [-0.05, 0) is 31.2 Å². The first kappa shape index (κ1) is 22.3. The molecule has 33 heavy (non-hydrogen) atoms. The highest BCUT2D eigenvalue weighted by molar-refractivity contribution is 6.30. The SMILES string of the molecule is Cc1ccc(-n2nc(N3CCN(CCN4CCOCC4)CC3)cc2-c2ccc(Cl)cc2)nn1. The van der Waals surface area contributed by atoms with Crippen LogP contribution >= 0.6 is 11.6 Å². The number of rotatable bonds is 6. The van der Waals surface area contributed by atoms with E-state index in [4.69, 9.17) is 21.4 Å². The molecule has 0 unspecified atom stereocenters. The highest BCUT2D eigenvalue weighted by Gasteiger charge is 2.22. The molecule has 2 aliphatic heterocycles. The van der Waals surface area contributed by atoms with Crippen LogP contribution in [0.3, 0.4) is 0 Å². The molecule has 2 saturated heterocycles. The van der Waals surface area contributed by atoms with Gasteiger partial charge in [0.1, 0.15) is 0 Å². The summed E-state index contributed by atoms with van der Waals surface area (Å²) in [4.78, 5) is 7.41. The Balaban J connectivity index is 1.30. The van der Waals surface area contributed by atoms with E-state index < -0.39 is 0 Å². The average molecular weight is 468 g/mol. The second-order valence-electron chi connectivity index (χ2n) is 8.62. The number of ether oxygens (including phenoxy) is 1. The Morgan fingerprint density at radius 2 is 1.52 bits per heavy atom. The zero-order valence-electron chi connectivity index (χ0n) is 19.0. The fourth-order valence-corrected chi connectivity index (χ4v) is 4.46. The minimum absolute atomic E-state index is 0.709. The molecule has 0 atom stereocenters. The first-order valence-corrected chi connectivity index (χ1v) is 12.0. The third-order valence-electron chi connectivity index (χ3n) is 6.37. The van der Waals surface area contributed by atoms with Crippen LogP contribution in [0.1, 0.15) is 5.69 Å². The van der Waals surface area contributed by atoms with Crippen LogP contribution in [0.15, 0.2) is 42.5 Å². The summed E-state index contributed by atoms with van der Waals surface area (Å²) in [7, 11) is 0. The van der Waals surface area contributed by atoms with Gasteiger partial charge in [-0.15, -0.1) is 10.2 Å². The number of hydrogen-bond donors (Lipinski definition) is 0. The Morgan fingerprint density at radius 1 is 0.818 bits per heavy atom. The second-order valence-corrected chi connectivity index (χ2v) is 9.06. The quantitative estimate of drug-likeness (QED) is 0.552. The Hall–Kier alpha value is -2.52. The van der Waals surface area contributed by atoms with Gasteiger partial charge in [0.05, 0.1) is 24.6 Å². The summed E-state index contributed by atoms with van der Waals surface area (Å²) in [6, 6.07) is 13.9. The molecule has 174 valence electrons. The number of aryl methyl sites for hydroxylation is 1. The molecule has 4 heterocycles. The van der Waals surface area contributed by atoms with Gasteiger partial charge in [0.15, 0.2) is 11.6 Å². The van der Waals surface area contributed by atoms with Gasteiger partial charge < -0.3 is 9.64 Å². The van der Waals surface area contributed by atoms with E-state index in [0.717, 1.165) is 88.3 Å². The van der Waals surface area contributed by atoms with Crippen molar-refractivity contribution in [3.63, 3.8) is 0 Å². The highest BCUT2D eigenvalue weighted by Crippen LogP contribution is 2.28. The first-order chi connectivity index (χ1) is 16.2. The molecular formula is C24H30ClN7O. The van der Waals surface area contributed by atoms with Gasteiger partial charge in [-0.2, -0.15) is 5.10 Å². The van der Waals surface area contributed by atoms with Crippen LogP contribution in [0.25, 0.3) is 17.1 Å². The average Bonchev–Trinajstić information content (AvgIpc) is 3.30. The Morgan fingerprint density at radius 3 is 2.18 bits per heavy atom. The topological polar surface area (TPSA) is 62.6 Å². The van der Waals surface area contributed by atoms with Crippen molar-refractivity contribution in [2.45, 2.75) is 6.92 Å². The van der Waals surface area contributed by atoms with Crippen molar-refractivity contribution in [3.8, 4) is 17.1 Å². The van der Waals surface area contributed by atoms with Crippen LogP contribution in [0.4, 0.5) is 5.82 Å². The van der Waals surface area contributed by atoms with Crippen molar-refractivity contribution in [2.75, 3.05) is 70.5 Å². The molecule has 3 aromatic rings. The third kappa shape index (κ3) is 5.35. The number of anilines is 1. The second kappa shape index (κ2) is 10.2. The molecule has 2 aliphatic rings. The van der Waals surface area contributed by atoms with Gasteiger partial charge in [0, 0.05) is 69.0 Å². The minimum Gasteiger partial charge on any atom is -0.379 e. The molecule has 0 radical (unpaired) electrons. The largest absolute Gasteiger partial charge is 0.379 e. The standard InChI is InChI=1S/C24H30ClN7O/c1-19-2-7-23(27-26-19)32-22(20-3-5-21(25)6-4-20)18-24(28-32)31-12-10-29(11-13-31)8-9-30-14-16-33-17-15-30/h2-7,18H,8-17H2,1H3. The maximum Gasteiger partial charge on any atom is 0.176 e. The Bertz CT molecular complexity index is 977. The summed E-state index contributed by atoms with van der Waals surface area (Å²) >= 11 is 6.12. The van der Waals surface area contributed by atoms with Crippen LogP contribution in [-0.2, 0) is 4.74 Å². The van der Waals surface area contributed by atoms with Gasteiger partial charge in [-0.1, -0.05) is 23.7 Å². The van der Waals surface area contributed by atoms with E-state index in [2.05, 4.69) is 31.0 Å². The van der Waals surface area contributed by atoms with E-state index in [-0.39, 0.29) is 0 Å².